The summed E-state index contributed by atoms with van der Waals surface area (Å²) in [5.74, 6) is 1.12. The number of rotatable bonds is 5. The van der Waals surface area contributed by atoms with Crippen molar-refractivity contribution in [3.63, 3.8) is 0 Å². The molecule has 4 aromatic carbocycles. The van der Waals surface area contributed by atoms with Crippen LogP contribution in [0.25, 0.3) is 21.5 Å². The van der Waals surface area contributed by atoms with E-state index in [0.717, 1.165) is 51.2 Å². The molecule has 3 atom stereocenters. The average Bonchev–Trinajstić information content (AvgIpc) is 2.87. The molecule has 1 saturated carbocycles. The van der Waals surface area contributed by atoms with Gasteiger partial charge in [-0.15, -0.1) is 0 Å². The van der Waals surface area contributed by atoms with Crippen molar-refractivity contribution in [3.05, 3.63) is 107 Å². The number of ketones is 1. The first-order valence-corrected chi connectivity index (χ1v) is 12.4. The molecule has 3 aliphatic carbocycles. The molecular weight excluding hydrogens is 414 g/mol. The second-order valence-electron chi connectivity index (χ2n) is 10.7. The van der Waals surface area contributed by atoms with Crippen LogP contribution in [0.1, 0.15) is 55.6 Å². The molecule has 0 saturated heterocycles. The molecule has 1 N–H and O–H groups in total. The number of carbonyl (C=O) groups excluding carboxylic acids is 1. The lowest BCUT2D eigenvalue weighted by Gasteiger charge is -2.57. The zero-order valence-electron chi connectivity index (χ0n) is 20.1. The van der Waals surface area contributed by atoms with Crippen LogP contribution in [0.3, 0.4) is 0 Å². The van der Waals surface area contributed by atoms with Crippen LogP contribution in [-0.2, 0) is 0 Å². The van der Waals surface area contributed by atoms with Gasteiger partial charge in [-0.3, -0.25) is 4.79 Å². The van der Waals surface area contributed by atoms with Crippen molar-refractivity contribution in [2.45, 2.75) is 39.7 Å². The van der Waals surface area contributed by atoms with E-state index in [-0.39, 0.29) is 17.2 Å². The monoisotopic (exact) mass is 445 g/mol. The van der Waals surface area contributed by atoms with Gasteiger partial charge in [0.05, 0.1) is 0 Å². The molecule has 0 amide bonds. The van der Waals surface area contributed by atoms with Crippen molar-refractivity contribution in [2.24, 2.45) is 17.3 Å². The van der Waals surface area contributed by atoms with Crippen molar-refractivity contribution >= 4 is 27.3 Å². The van der Waals surface area contributed by atoms with Gasteiger partial charge in [0.1, 0.15) is 0 Å². The van der Waals surface area contributed by atoms with E-state index in [2.05, 4.69) is 92.8 Å². The van der Waals surface area contributed by atoms with E-state index >= 15 is 0 Å². The van der Waals surface area contributed by atoms with Gasteiger partial charge < -0.3 is 5.32 Å². The first-order valence-electron chi connectivity index (χ1n) is 12.4. The molecule has 0 aromatic heterocycles. The Hall–Kier alpha value is -3.39. The Morgan fingerprint density at radius 1 is 0.882 bits per heavy atom. The Morgan fingerprint density at radius 3 is 2.09 bits per heavy atom. The number of carbonyl (C=O) groups is 1. The van der Waals surface area contributed by atoms with Crippen molar-refractivity contribution in [3.8, 4) is 0 Å². The highest BCUT2D eigenvalue weighted by Gasteiger charge is 2.55. The molecule has 0 aliphatic heterocycles. The Bertz CT molecular complexity index is 1390. The number of fused-ring (bicyclic) bond motifs is 3. The van der Waals surface area contributed by atoms with Gasteiger partial charge >= 0.3 is 0 Å². The van der Waals surface area contributed by atoms with E-state index in [9.17, 15) is 4.79 Å². The van der Waals surface area contributed by atoms with E-state index in [1.807, 2.05) is 18.2 Å². The molecule has 0 radical (unpaired) electrons. The van der Waals surface area contributed by atoms with Crippen LogP contribution in [0.15, 0.2) is 96.2 Å². The molecule has 2 heteroatoms. The van der Waals surface area contributed by atoms with Crippen LogP contribution in [0, 0.1) is 17.3 Å². The lowest BCUT2D eigenvalue weighted by molar-refractivity contribution is -0.0124. The Morgan fingerprint density at radius 2 is 1.47 bits per heavy atom. The fourth-order valence-electron chi connectivity index (χ4n) is 6.33. The van der Waals surface area contributed by atoms with Crippen LogP contribution in [0.2, 0.25) is 0 Å². The van der Waals surface area contributed by atoms with Gasteiger partial charge in [0.2, 0.25) is 0 Å². The summed E-state index contributed by atoms with van der Waals surface area (Å²) in [5, 5.41) is 8.14. The summed E-state index contributed by atoms with van der Waals surface area (Å²) >= 11 is 0. The first kappa shape index (κ1) is 21.2. The fraction of sp³-hybridized carbons (Fsp3) is 0.281. The second kappa shape index (κ2) is 7.84. The number of nitrogens with one attached hydrogen (secondary N) is 1. The number of allylic oxidation sites excluding steroid dienone is 2. The summed E-state index contributed by atoms with van der Waals surface area (Å²) in [6, 6.07) is 29.5. The molecule has 1 fully saturated rings. The lowest BCUT2D eigenvalue weighted by Crippen LogP contribution is -2.52. The molecule has 0 spiro atoms. The third-order valence-corrected chi connectivity index (χ3v) is 8.53. The van der Waals surface area contributed by atoms with E-state index < -0.39 is 0 Å². The second-order valence-corrected chi connectivity index (χ2v) is 10.7. The zero-order chi connectivity index (χ0) is 23.4. The van der Waals surface area contributed by atoms with Crippen LogP contribution >= 0.6 is 0 Å². The van der Waals surface area contributed by atoms with Gasteiger partial charge in [-0.2, -0.15) is 0 Å². The van der Waals surface area contributed by atoms with Crippen LogP contribution in [0.5, 0.6) is 0 Å². The van der Waals surface area contributed by atoms with Crippen molar-refractivity contribution in [2.75, 3.05) is 0 Å². The highest BCUT2D eigenvalue weighted by Crippen LogP contribution is 2.61. The summed E-state index contributed by atoms with van der Waals surface area (Å²) < 4.78 is 0. The molecular formula is C32H31NO. The van der Waals surface area contributed by atoms with Crippen LogP contribution < -0.4 is 5.32 Å². The number of Topliss-reactive ketones (excluding diaryl/α,β-unsaturated/α-hetero) is 1. The Balaban J connectivity index is 1.53. The summed E-state index contributed by atoms with van der Waals surface area (Å²) in [4.78, 5) is 14.6. The molecule has 7 rings (SSSR count). The quantitative estimate of drug-likeness (QED) is 0.250. The lowest BCUT2D eigenvalue weighted by atomic mass is 9.47. The molecule has 3 unspecified atom stereocenters. The molecule has 2 nitrogen and oxygen atoms in total. The predicted octanol–water partition coefficient (Wildman–Crippen LogP) is 7.85. The van der Waals surface area contributed by atoms with Gasteiger partial charge in [-0.05, 0) is 70.2 Å². The summed E-state index contributed by atoms with van der Waals surface area (Å²) in [6.45, 7) is 6.89. The molecule has 2 bridgehead atoms. The highest BCUT2D eigenvalue weighted by atomic mass is 16.1. The third kappa shape index (κ3) is 3.20. The van der Waals surface area contributed by atoms with Crippen molar-refractivity contribution in [1.82, 2.24) is 5.32 Å². The summed E-state index contributed by atoms with van der Waals surface area (Å²) in [6.07, 6.45) is 2.06. The Kier molecular flexibility index (Phi) is 4.88. The SMILES string of the molecule is CC(NC1=C(C(=O)c2c3ccccc3cc3ccccc23)C2CC(C1)C2(C)C)c1ccccc1. The van der Waals surface area contributed by atoms with E-state index in [4.69, 9.17) is 0 Å². The predicted molar refractivity (Wildman–Crippen MR) is 141 cm³/mol. The van der Waals surface area contributed by atoms with Crippen molar-refractivity contribution < 1.29 is 4.79 Å². The maximum Gasteiger partial charge on any atom is 0.192 e. The molecule has 4 aromatic rings. The minimum absolute atomic E-state index is 0.156. The molecule has 170 valence electrons. The van der Waals surface area contributed by atoms with E-state index in [0.29, 0.717) is 11.8 Å². The summed E-state index contributed by atoms with van der Waals surface area (Å²) in [7, 11) is 0. The number of benzene rings is 4. The number of hydrogen-bond acceptors (Lipinski definition) is 2. The maximum absolute atomic E-state index is 14.6. The van der Waals surface area contributed by atoms with Crippen LogP contribution in [-0.4, -0.2) is 5.78 Å². The van der Waals surface area contributed by atoms with E-state index in [1.54, 1.807) is 0 Å². The van der Waals surface area contributed by atoms with Gasteiger partial charge in [-0.25, -0.2) is 0 Å². The summed E-state index contributed by atoms with van der Waals surface area (Å²) in [5.41, 5.74) is 4.43. The smallest absolute Gasteiger partial charge is 0.192 e. The first-order chi connectivity index (χ1) is 16.4. The third-order valence-electron chi connectivity index (χ3n) is 8.53. The molecule has 34 heavy (non-hydrogen) atoms. The van der Waals surface area contributed by atoms with Crippen molar-refractivity contribution in [1.29, 1.82) is 0 Å². The molecule has 3 aliphatic rings. The van der Waals surface area contributed by atoms with Gasteiger partial charge in [-0.1, -0.05) is 92.7 Å². The topological polar surface area (TPSA) is 29.1 Å². The standard InChI is InChI=1S/C32H31NO/c1-20(21-11-5-4-6-12-21)33-28-19-24-18-27(32(24,2)3)30(28)31(34)29-25-15-9-7-13-22(25)17-23-14-8-10-16-26(23)29/h4-17,20,24,27,33H,18-19H2,1-3H3. The van der Waals surface area contributed by atoms with Gasteiger partial charge in [0, 0.05) is 22.9 Å². The average molecular weight is 446 g/mol. The Labute approximate surface area is 201 Å². The normalized spacial score (nSPS) is 21.9. The maximum atomic E-state index is 14.6. The zero-order valence-corrected chi connectivity index (χ0v) is 20.1. The minimum Gasteiger partial charge on any atom is -0.381 e. The highest BCUT2D eigenvalue weighted by molar-refractivity contribution is 6.24. The van der Waals surface area contributed by atoms with Crippen LogP contribution in [0.4, 0.5) is 0 Å². The van der Waals surface area contributed by atoms with Gasteiger partial charge in [0.25, 0.3) is 0 Å². The molecule has 0 heterocycles. The fourth-order valence-corrected chi connectivity index (χ4v) is 6.33. The largest absolute Gasteiger partial charge is 0.381 e. The minimum atomic E-state index is 0.156. The van der Waals surface area contributed by atoms with E-state index in [1.165, 1.54) is 5.56 Å². The van der Waals surface area contributed by atoms with Gasteiger partial charge in [0.15, 0.2) is 5.78 Å². The number of hydrogen-bond donors (Lipinski definition) is 1.